The van der Waals surface area contributed by atoms with Crippen molar-refractivity contribution in [1.29, 1.82) is 0 Å². The Balaban J connectivity index is 2.58. The molecule has 0 bridgehead atoms. The molecule has 0 saturated carbocycles. The van der Waals surface area contributed by atoms with Crippen molar-refractivity contribution in [1.82, 2.24) is 14.5 Å². The van der Waals surface area contributed by atoms with E-state index in [2.05, 4.69) is 5.32 Å². The van der Waals surface area contributed by atoms with Gasteiger partial charge in [0.15, 0.2) is 0 Å². The van der Waals surface area contributed by atoms with Gasteiger partial charge in [-0.05, 0) is 62.9 Å². The smallest absolute Gasteiger partial charge is 0.304 e. The maximum absolute atomic E-state index is 13.9. The van der Waals surface area contributed by atoms with Crippen molar-refractivity contribution in [3.8, 4) is 0 Å². The highest BCUT2D eigenvalue weighted by atomic mass is 35.5. The number of halogens is 1. The lowest BCUT2D eigenvalue weighted by molar-refractivity contribution is -0.140. The highest BCUT2D eigenvalue weighted by Crippen LogP contribution is 2.26. The van der Waals surface area contributed by atoms with Crippen molar-refractivity contribution in [3.63, 3.8) is 0 Å². The number of hydrogen-bond acceptors (Lipinski definition) is 4. The lowest BCUT2D eigenvalue weighted by atomic mass is 10.1. The molecule has 0 aromatic heterocycles. The molecule has 0 spiro atoms. The zero-order valence-corrected chi connectivity index (χ0v) is 23.7. The molecule has 0 heterocycles. The number of rotatable bonds is 11. The average molecular weight is 537 g/mol. The Morgan fingerprint density at radius 2 is 1.69 bits per heavy atom. The first kappa shape index (κ1) is 29.6. The number of carbonyl (C=O) groups excluding carboxylic acids is 2. The van der Waals surface area contributed by atoms with Gasteiger partial charge in [0.1, 0.15) is 12.6 Å². The van der Waals surface area contributed by atoms with Gasteiger partial charge in [-0.3, -0.25) is 9.59 Å². The van der Waals surface area contributed by atoms with Gasteiger partial charge in [0.2, 0.25) is 11.8 Å². The summed E-state index contributed by atoms with van der Waals surface area (Å²) in [5, 5.41) is 3.33. The van der Waals surface area contributed by atoms with Crippen LogP contribution in [-0.4, -0.2) is 62.2 Å². The minimum absolute atomic E-state index is 0.0607. The number of benzene rings is 2. The molecule has 2 rings (SSSR count). The van der Waals surface area contributed by atoms with E-state index in [9.17, 15) is 18.0 Å². The summed E-state index contributed by atoms with van der Waals surface area (Å²) in [6.45, 7) is 8.75. The normalized spacial score (nSPS) is 12.5. The Hall–Kier alpha value is -2.62. The van der Waals surface area contributed by atoms with Gasteiger partial charge >= 0.3 is 10.2 Å². The van der Waals surface area contributed by atoms with Crippen LogP contribution in [-0.2, 0) is 26.3 Å². The average Bonchev–Trinajstić information content (AvgIpc) is 2.79. The second-order valence-corrected chi connectivity index (χ2v) is 11.8. The van der Waals surface area contributed by atoms with Gasteiger partial charge in [-0.2, -0.15) is 12.7 Å². The van der Waals surface area contributed by atoms with Crippen molar-refractivity contribution >= 4 is 39.3 Å². The van der Waals surface area contributed by atoms with Crippen LogP contribution in [0.25, 0.3) is 0 Å². The second-order valence-electron chi connectivity index (χ2n) is 9.29. The fourth-order valence-corrected chi connectivity index (χ4v) is 5.11. The van der Waals surface area contributed by atoms with Gasteiger partial charge in [0.25, 0.3) is 0 Å². The van der Waals surface area contributed by atoms with Crippen molar-refractivity contribution in [2.75, 3.05) is 24.9 Å². The first-order valence-corrected chi connectivity index (χ1v) is 13.7. The summed E-state index contributed by atoms with van der Waals surface area (Å²) in [5.41, 5.74) is 2.64. The van der Waals surface area contributed by atoms with Crippen molar-refractivity contribution in [2.45, 2.75) is 59.7 Å². The lowest BCUT2D eigenvalue weighted by Crippen LogP contribution is -2.54. The zero-order valence-electron chi connectivity index (χ0n) is 22.1. The van der Waals surface area contributed by atoms with Gasteiger partial charge in [0, 0.05) is 31.7 Å². The third-order valence-corrected chi connectivity index (χ3v) is 7.94. The molecule has 36 heavy (non-hydrogen) atoms. The Kier molecular flexibility index (Phi) is 10.3. The molecule has 1 unspecified atom stereocenters. The van der Waals surface area contributed by atoms with E-state index in [1.54, 1.807) is 37.3 Å². The monoisotopic (exact) mass is 536 g/mol. The summed E-state index contributed by atoms with van der Waals surface area (Å²) < 4.78 is 28.9. The minimum atomic E-state index is -4.02. The number of nitrogens with one attached hydrogen (secondary N) is 1. The largest absolute Gasteiger partial charge is 0.352 e. The van der Waals surface area contributed by atoms with E-state index < -0.39 is 28.7 Å². The van der Waals surface area contributed by atoms with Gasteiger partial charge in [0.05, 0.1) is 5.69 Å². The minimum Gasteiger partial charge on any atom is -0.352 e. The summed E-state index contributed by atoms with van der Waals surface area (Å²) in [6.07, 6.45) is 0.346. The van der Waals surface area contributed by atoms with E-state index in [-0.39, 0.29) is 18.5 Å². The third kappa shape index (κ3) is 7.21. The fourth-order valence-electron chi connectivity index (χ4n) is 3.80. The molecule has 8 nitrogen and oxygen atoms in total. The van der Waals surface area contributed by atoms with Crippen LogP contribution in [0, 0.1) is 13.8 Å². The molecule has 0 fully saturated rings. The number of nitrogens with zero attached hydrogens (tertiary/aromatic N) is 3. The molecule has 0 saturated heterocycles. The third-order valence-electron chi connectivity index (χ3n) is 5.77. The Bertz CT molecular complexity index is 1180. The molecule has 0 aliphatic carbocycles. The van der Waals surface area contributed by atoms with E-state index in [1.165, 1.54) is 19.0 Å². The topological polar surface area (TPSA) is 90.0 Å². The molecule has 1 N–H and O–H groups in total. The highest BCUT2D eigenvalue weighted by Gasteiger charge is 2.34. The molecule has 0 aliphatic rings. The van der Waals surface area contributed by atoms with E-state index in [0.29, 0.717) is 28.3 Å². The van der Waals surface area contributed by atoms with Crippen LogP contribution in [0.1, 0.15) is 43.9 Å². The van der Waals surface area contributed by atoms with Crippen molar-refractivity contribution < 1.29 is 18.0 Å². The second kappa shape index (κ2) is 12.6. The van der Waals surface area contributed by atoms with Crippen LogP contribution in [0.3, 0.4) is 0 Å². The zero-order chi connectivity index (χ0) is 27.2. The van der Waals surface area contributed by atoms with Crippen LogP contribution in [0.15, 0.2) is 42.5 Å². The fraction of sp³-hybridized carbons (Fsp3) is 0.462. The predicted molar refractivity (Wildman–Crippen MR) is 145 cm³/mol. The quantitative estimate of drug-likeness (QED) is 0.471. The number of hydrogen-bond donors (Lipinski definition) is 1. The molecule has 0 aliphatic heterocycles. The molecular weight excluding hydrogens is 500 g/mol. The van der Waals surface area contributed by atoms with Crippen LogP contribution in [0.4, 0.5) is 5.69 Å². The molecule has 1 atom stereocenters. The predicted octanol–water partition coefficient (Wildman–Crippen LogP) is 3.90. The Morgan fingerprint density at radius 1 is 1.06 bits per heavy atom. The van der Waals surface area contributed by atoms with Crippen LogP contribution in [0.5, 0.6) is 0 Å². The first-order valence-electron chi connectivity index (χ1n) is 11.9. The maximum atomic E-state index is 13.9. The van der Waals surface area contributed by atoms with E-state index in [0.717, 1.165) is 14.2 Å². The SMILES string of the molecule is CCC(C(=O)NC(C)C)N(Cc1ccccc1Cl)C(=O)CN(c1cc(C)ccc1C)S(=O)(=O)N(C)C. The number of amides is 2. The molecule has 2 aromatic carbocycles. The van der Waals surface area contributed by atoms with Crippen LogP contribution < -0.4 is 9.62 Å². The van der Waals surface area contributed by atoms with E-state index in [4.69, 9.17) is 11.6 Å². The van der Waals surface area contributed by atoms with Gasteiger partial charge in [-0.15, -0.1) is 0 Å². The van der Waals surface area contributed by atoms with Crippen LogP contribution >= 0.6 is 11.6 Å². The molecule has 2 aromatic rings. The van der Waals surface area contributed by atoms with E-state index >= 15 is 0 Å². The van der Waals surface area contributed by atoms with Gasteiger partial charge in [-0.25, -0.2) is 4.31 Å². The maximum Gasteiger partial charge on any atom is 0.304 e. The highest BCUT2D eigenvalue weighted by molar-refractivity contribution is 7.90. The molecule has 0 radical (unpaired) electrons. The Morgan fingerprint density at radius 3 is 2.25 bits per heavy atom. The summed E-state index contributed by atoms with van der Waals surface area (Å²) in [4.78, 5) is 28.4. The number of aryl methyl sites for hydroxylation is 2. The summed E-state index contributed by atoms with van der Waals surface area (Å²) in [7, 11) is -1.18. The standard InChI is InChI=1S/C26H37ClN4O4S/c1-8-23(26(33)28-18(2)3)30(16-21-11-9-10-12-22(21)27)25(32)17-31(36(34,35)29(6)7)24-15-19(4)13-14-20(24)5/h9-15,18,23H,8,16-17H2,1-7H3,(H,28,33). The lowest BCUT2D eigenvalue weighted by Gasteiger charge is -2.34. The van der Waals surface area contributed by atoms with Gasteiger partial charge < -0.3 is 10.2 Å². The first-order chi connectivity index (χ1) is 16.8. The Labute approximate surface area is 220 Å². The molecule has 10 heteroatoms. The van der Waals surface area contributed by atoms with Crippen molar-refractivity contribution in [2.24, 2.45) is 0 Å². The van der Waals surface area contributed by atoms with Crippen molar-refractivity contribution in [3.05, 3.63) is 64.2 Å². The summed E-state index contributed by atoms with van der Waals surface area (Å²) in [5.74, 6) is -0.811. The van der Waals surface area contributed by atoms with Gasteiger partial charge in [-0.1, -0.05) is 48.9 Å². The summed E-state index contributed by atoms with van der Waals surface area (Å²) in [6, 6.07) is 11.6. The van der Waals surface area contributed by atoms with E-state index in [1.807, 2.05) is 39.8 Å². The number of carbonyl (C=O) groups is 2. The molecule has 2 amide bonds. The molecule has 198 valence electrons. The van der Waals surface area contributed by atoms with Crippen LogP contribution in [0.2, 0.25) is 5.02 Å². The molecular formula is C26H37ClN4O4S. The summed E-state index contributed by atoms with van der Waals surface area (Å²) >= 11 is 6.39. The number of anilines is 1.